The highest BCUT2D eigenvalue weighted by molar-refractivity contribution is 7.77. The molecule has 0 aromatic heterocycles. The molecule has 0 rings (SSSR count). The van der Waals surface area contributed by atoms with Crippen molar-refractivity contribution in [3.05, 3.63) is 0 Å². The Kier molecular flexibility index (Phi) is 59.9. The summed E-state index contributed by atoms with van der Waals surface area (Å²) in [6.07, 6.45) is 2.81. The lowest BCUT2D eigenvalue weighted by atomic mass is 10.4. The fourth-order valence-corrected chi connectivity index (χ4v) is 0.289. The van der Waals surface area contributed by atoms with Crippen LogP contribution in [0.25, 0.3) is 0 Å². The maximum absolute atomic E-state index is 4.78. The van der Waals surface area contributed by atoms with Crippen LogP contribution in [0.1, 0.15) is 33.6 Å². The van der Waals surface area contributed by atoms with Gasteiger partial charge in [0.05, 0.1) is 6.10 Å². The van der Waals surface area contributed by atoms with E-state index in [0.717, 1.165) is 6.61 Å². The predicted octanol–water partition coefficient (Wildman–Crippen LogP) is 2.66. The summed E-state index contributed by atoms with van der Waals surface area (Å²) >= 11 is 3.83. The van der Waals surface area contributed by atoms with E-state index in [-0.39, 0.29) is 0 Å². The smallest absolute Gasteiger partial charge is 0.0515 e. The second-order valence-corrected chi connectivity index (χ2v) is 2.63. The molecular weight excluding hydrogens is 210 g/mol. The monoisotopic (exact) mass is 239 g/mol. The van der Waals surface area contributed by atoms with Crippen molar-refractivity contribution in [2.75, 3.05) is 27.9 Å². The number of unbranched alkanes of at least 4 members (excludes halogenated alkanes) is 1. The van der Waals surface area contributed by atoms with E-state index in [0.29, 0.717) is 6.10 Å². The zero-order valence-electron chi connectivity index (χ0n) is 11.2. The average molecular weight is 239 g/mol. The first kappa shape index (κ1) is 24.3. The Morgan fingerprint density at radius 3 is 1.60 bits per heavy atom. The molecular formula is C11H29NO2S. The van der Waals surface area contributed by atoms with Crippen molar-refractivity contribution < 1.29 is 9.47 Å². The summed E-state index contributed by atoms with van der Waals surface area (Å²) in [6.45, 7) is 7.06. The summed E-state index contributed by atoms with van der Waals surface area (Å²) in [4.78, 5) is 0. The van der Waals surface area contributed by atoms with Crippen molar-refractivity contribution >= 4 is 18.1 Å². The predicted molar refractivity (Wildman–Crippen MR) is 73.8 cm³/mol. The molecule has 2 N–H and O–H groups in total. The molecule has 3 nitrogen and oxygen atoms in total. The molecule has 0 aromatic rings. The topological polar surface area (TPSA) is 44.5 Å². The van der Waals surface area contributed by atoms with Crippen LogP contribution in [0.15, 0.2) is 0 Å². The first-order valence-electron chi connectivity index (χ1n) is 5.07. The first-order valence-corrected chi connectivity index (χ1v) is 5.65. The molecule has 0 unspecified atom stereocenters. The van der Waals surface area contributed by atoms with Crippen molar-refractivity contribution in [3.63, 3.8) is 0 Å². The molecule has 0 aromatic carbocycles. The number of hydrogen-bond donors (Lipinski definition) is 1. The van der Waals surface area contributed by atoms with E-state index in [9.17, 15) is 0 Å². The number of hydrogen-bond acceptors (Lipinski definition) is 4. The normalized spacial score (nSPS) is 7.47. The maximum Gasteiger partial charge on any atom is 0.0515 e. The highest BCUT2D eigenvalue weighted by Crippen LogP contribution is 1.83. The summed E-state index contributed by atoms with van der Waals surface area (Å²) in [5, 5.41) is 0. The minimum atomic E-state index is 0.384. The van der Waals surface area contributed by atoms with E-state index >= 15 is 0 Å². The Labute approximate surface area is 101 Å². The largest absolute Gasteiger partial charge is 0.385 e. The molecule has 0 aliphatic carbocycles. The van der Waals surface area contributed by atoms with Gasteiger partial charge in [0, 0.05) is 20.8 Å². The Balaban J connectivity index is -0.0000000610. The third-order valence-electron chi connectivity index (χ3n) is 1.17. The zero-order chi connectivity index (χ0) is 13.1. The van der Waals surface area contributed by atoms with Crippen molar-refractivity contribution in [2.24, 2.45) is 5.73 Å². The van der Waals surface area contributed by atoms with E-state index < -0.39 is 0 Å². The van der Waals surface area contributed by atoms with Crippen LogP contribution in [-0.2, 0) is 9.47 Å². The Hall–Kier alpha value is -0.0300. The van der Waals surface area contributed by atoms with Crippen LogP contribution in [0.3, 0.4) is 0 Å². The quantitative estimate of drug-likeness (QED) is 0.605. The van der Waals surface area contributed by atoms with Gasteiger partial charge in [-0.15, -0.1) is 0 Å². The number of ether oxygens (including phenoxy) is 2. The number of nitrogens with two attached hydrogens (primary N) is 1. The summed E-state index contributed by atoms with van der Waals surface area (Å²) in [5.41, 5.74) is 4.50. The molecule has 0 spiro atoms. The van der Waals surface area contributed by atoms with E-state index in [1.807, 2.05) is 13.8 Å². The standard InChI is InChI=1S/C5H12O.C4H10O.CH5N.CH2S/c1-3-4-5-6-2;1-4(2)5-3;2*1-2/h3-5H2,1-2H3;4H,1-3H3;2H2,1H3;1H2. The van der Waals surface area contributed by atoms with E-state index in [1.54, 1.807) is 14.2 Å². The summed E-state index contributed by atoms with van der Waals surface area (Å²) < 4.78 is 9.53. The van der Waals surface area contributed by atoms with Gasteiger partial charge in [0.25, 0.3) is 0 Å². The maximum atomic E-state index is 4.78. The summed E-state index contributed by atoms with van der Waals surface area (Å²) in [5.74, 6) is 2.83. The highest BCUT2D eigenvalue weighted by Gasteiger charge is 1.78. The van der Waals surface area contributed by atoms with Crippen LogP contribution < -0.4 is 5.73 Å². The molecule has 0 saturated heterocycles. The van der Waals surface area contributed by atoms with Crippen molar-refractivity contribution in [3.8, 4) is 0 Å². The van der Waals surface area contributed by atoms with Gasteiger partial charge in [0.2, 0.25) is 0 Å². The lowest BCUT2D eigenvalue weighted by Crippen LogP contribution is -1.94. The zero-order valence-corrected chi connectivity index (χ0v) is 12.0. The molecule has 0 aliphatic heterocycles. The van der Waals surface area contributed by atoms with Gasteiger partial charge in [-0.1, -0.05) is 25.6 Å². The molecule has 0 saturated carbocycles. The van der Waals surface area contributed by atoms with Gasteiger partial charge in [-0.3, -0.25) is 0 Å². The van der Waals surface area contributed by atoms with E-state index in [2.05, 4.69) is 30.7 Å². The van der Waals surface area contributed by atoms with Crippen LogP contribution >= 0.6 is 12.2 Å². The van der Waals surface area contributed by atoms with Crippen LogP contribution in [-0.4, -0.2) is 39.8 Å². The summed E-state index contributed by atoms with van der Waals surface area (Å²) in [7, 11) is 4.93. The van der Waals surface area contributed by atoms with Crippen LogP contribution in [0.4, 0.5) is 0 Å². The number of thiocarbonyl (C=S) groups is 1. The molecule has 0 heterocycles. The summed E-state index contributed by atoms with van der Waals surface area (Å²) in [6, 6.07) is 0. The molecule has 0 atom stereocenters. The molecule has 96 valence electrons. The van der Waals surface area contributed by atoms with Gasteiger partial charge in [0.1, 0.15) is 0 Å². The molecule has 0 bridgehead atoms. The molecule has 0 radical (unpaired) electrons. The van der Waals surface area contributed by atoms with E-state index in [1.165, 1.54) is 19.9 Å². The van der Waals surface area contributed by atoms with Gasteiger partial charge in [-0.05, 0) is 33.2 Å². The van der Waals surface area contributed by atoms with Crippen LogP contribution in [0, 0.1) is 0 Å². The third kappa shape index (κ3) is 81.0. The minimum absolute atomic E-state index is 0.384. The second kappa shape index (κ2) is 37.0. The van der Waals surface area contributed by atoms with Gasteiger partial charge in [0.15, 0.2) is 0 Å². The number of methoxy groups -OCH3 is 2. The minimum Gasteiger partial charge on any atom is -0.385 e. The Bertz CT molecular complexity index is 69.6. The fourth-order valence-electron chi connectivity index (χ4n) is 0.289. The number of rotatable bonds is 4. The van der Waals surface area contributed by atoms with Crippen LogP contribution in [0.2, 0.25) is 0 Å². The Morgan fingerprint density at radius 2 is 1.53 bits per heavy atom. The molecule has 4 heteroatoms. The van der Waals surface area contributed by atoms with Gasteiger partial charge >= 0.3 is 0 Å². The van der Waals surface area contributed by atoms with Gasteiger partial charge < -0.3 is 15.2 Å². The first-order chi connectivity index (χ1) is 7.18. The Morgan fingerprint density at radius 1 is 1.20 bits per heavy atom. The lowest BCUT2D eigenvalue weighted by Gasteiger charge is -1.94. The van der Waals surface area contributed by atoms with Crippen molar-refractivity contribution in [2.45, 2.75) is 39.7 Å². The van der Waals surface area contributed by atoms with Crippen molar-refractivity contribution in [1.82, 2.24) is 0 Å². The van der Waals surface area contributed by atoms with Crippen LogP contribution in [0.5, 0.6) is 0 Å². The molecule has 15 heavy (non-hydrogen) atoms. The third-order valence-corrected chi connectivity index (χ3v) is 1.17. The fraction of sp³-hybridized carbons (Fsp3) is 0.909. The van der Waals surface area contributed by atoms with Gasteiger partial charge in [-0.2, -0.15) is 0 Å². The average Bonchev–Trinajstić information content (AvgIpc) is 2.32. The SMILES string of the molecule is C=S.CCCCOC.CN.COC(C)C. The van der Waals surface area contributed by atoms with E-state index in [4.69, 9.17) is 9.47 Å². The lowest BCUT2D eigenvalue weighted by molar-refractivity contribution is 0.134. The van der Waals surface area contributed by atoms with Gasteiger partial charge in [-0.25, -0.2) is 0 Å². The molecule has 0 amide bonds. The molecule has 0 fully saturated rings. The highest BCUT2D eigenvalue weighted by atomic mass is 32.1. The second-order valence-electron chi connectivity index (χ2n) is 2.63. The van der Waals surface area contributed by atoms with Crippen molar-refractivity contribution in [1.29, 1.82) is 0 Å². The molecule has 0 aliphatic rings.